The molecule has 2 heterocycles. The smallest absolute Gasteiger partial charge is 0.252 e. The number of nitrogens with one attached hydrogen (secondary N) is 1. The van der Waals surface area contributed by atoms with Gasteiger partial charge in [-0.25, -0.2) is 0 Å². The standard InChI is InChI=1S/C25H31N3O4/c1-27(2)24(30)21-15-28(14-18-7-5-6-8-22(18)32-4)16-25(21)12-11-17-9-10-19(31-3)13-20(17)23(29)26-25/h5-10,13,21H,11-12,14-16H2,1-4H3,(H,26,29)/t21-,25+/m1/s1. The number of ether oxygens (including phenoxy) is 2. The van der Waals surface area contributed by atoms with Crippen LogP contribution in [-0.2, 0) is 17.8 Å². The lowest BCUT2D eigenvalue weighted by Crippen LogP contribution is -2.57. The van der Waals surface area contributed by atoms with Crippen LogP contribution in [0.4, 0.5) is 0 Å². The Balaban J connectivity index is 1.65. The van der Waals surface area contributed by atoms with Gasteiger partial charge >= 0.3 is 0 Å². The van der Waals surface area contributed by atoms with E-state index in [1.807, 2.05) is 36.4 Å². The number of nitrogens with zero attached hydrogens (tertiary/aromatic N) is 2. The van der Waals surface area contributed by atoms with Crippen molar-refractivity contribution in [1.82, 2.24) is 15.1 Å². The summed E-state index contributed by atoms with van der Waals surface area (Å²) in [6, 6.07) is 13.6. The van der Waals surface area contributed by atoms with Crippen molar-refractivity contribution in [3.63, 3.8) is 0 Å². The van der Waals surface area contributed by atoms with E-state index in [2.05, 4.69) is 10.2 Å². The molecule has 2 aromatic carbocycles. The highest BCUT2D eigenvalue weighted by molar-refractivity contribution is 5.97. The third-order valence-corrected chi connectivity index (χ3v) is 6.70. The van der Waals surface area contributed by atoms with Crippen molar-refractivity contribution < 1.29 is 19.1 Å². The largest absolute Gasteiger partial charge is 0.497 e. The zero-order chi connectivity index (χ0) is 22.9. The minimum absolute atomic E-state index is 0.0383. The maximum absolute atomic E-state index is 13.3. The molecule has 7 heteroatoms. The number of carbonyl (C=O) groups excluding carboxylic acids is 2. The minimum atomic E-state index is -0.632. The number of para-hydroxylation sites is 1. The summed E-state index contributed by atoms with van der Waals surface area (Å²) in [5, 5.41) is 3.28. The molecule has 2 aliphatic rings. The fourth-order valence-electron chi connectivity index (χ4n) is 5.03. The van der Waals surface area contributed by atoms with Crippen LogP contribution in [0.5, 0.6) is 11.5 Å². The van der Waals surface area contributed by atoms with Gasteiger partial charge in [0.05, 0.1) is 25.7 Å². The maximum atomic E-state index is 13.3. The molecule has 1 N–H and O–H groups in total. The molecule has 0 unspecified atom stereocenters. The van der Waals surface area contributed by atoms with Gasteiger partial charge in [-0.15, -0.1) is 0 Å². The van der Waals surface area contributed by atoms with E-state index in [-0.39, 0.29) is 17.7 Å². The fraction of sp³-hybridized carbons (Fsp3) is 0.440. The van der Waals surface area contributed by atoms with Gasteiger partial charge in [-0.2, -0.15) is 0 Å². The molecular formula is C25H31N3O4. The number of likely N-dealkylation sites (tertiary alicyclic amines) is 1. The summed E-state index contributed by atoms with van der Waals surface area (Å²) in [4.78, 5) is 30.4. The van der Waals surface area contributed by atoms with Crippen LogP contribution in [0.15, 0.2) is 42.5 Å². The number of methoxy groups -OCH3 is 2. The van der Waals surface area contributed by atoms with Gasteiger partial charge in [0.25, 0.3) is 5.91 Å². The van der Waals surface area contributed by atoms with Crippen molar-refractivity contribution in [2.45, 2.75) is 24.9 Å². The van der Waals surface area contributed by atoms with E-state index in [4.69, 9.17) is 9.47 Å². The number of amides is 2. The van der Waals surface area contributed by atoms with E-state index >= 15 is 0 Å². The Hall–Kier alpha value is -3.06. The van der Waals surface area contributed by atoms with Crippen LogP contribution < -0.4 is 14.8 Å². The molecule has 1 saturated heterocycles. The van der Waals surface area contributed by atoms with Gasteiger partial charge in [0.2, 0.25) is 5.91 Å². The van der Waals surface area contributed by atoms with Crippen LogP contribution >= 0.6 is 0 Å². The number of fused-ring (bicyclic) bond motifs is 1. The third kappa shape index (κ3) is 4.05. The molecule has 2 aromatic rings. The molecule has 7 nitrogen and oxygen atoms in total. The Morgan fingerprint density at radius 1 is 1.19 bits per heavy atom. The van der Waals surface area contributed by atoms with E-state index < -0.39 is 5.54 Å². The van der Waals surface area contributed by atoms with Crippen LogP contribution in [0.25, 0.3) is 0 Å². The Morgan fingerprint density at radius 3 is 2.69 bits per heavy atom. The molecule has 0 aliphatic carbocycles. The van der Waals surface area contributed by atoms with Crippen molar-refractivity contribution >= 4 is 11.8 Å². The molecule has 0 aromatic heterocycles. The predicted octanol–water partition coefficient (Wildman–Crippen LogP) is 2.34. The Labute approximate surface area is 189 Å². The number of hydrogen-bond acceptors (Lipinski definition) is 5. The zero-order valence-electron chi connectivity index (χ0n) is 19.2. The van der Waals surface area contributed by atoms with Gasteiger partial charge in [-0.3, -0.25) is 14.5 Å². The van der Waals surface area contributed by atoms with E-state index in [0.717, 1.165) is 23.3 Å². The van der Waals surface area contributed by atoms with Crippen molar-refractivity contribution in [3.05, 3.63) is 59.2 Å². The van der Waals surface area contributed by atoms with Gasteiger partial charge < -0.3 is 19.7 Å². The number of benzene rings is 2. The fourth-order valence-corrected chi connectivity index (χ4v) is 5.03. The average molecular weight is 438 g/mol. The molecule has 0 bridgehead atoms. The molecular weight excluding hydrogens is 406 g/mol. The second-order valence-corrected chi connectivity index (χ2v) is 8.90. The van der Waals surface area contributed by atoms with Crippen molar-refractivity contribution in [2.75, 3.05) is 41.4 Å². The number of aryl methyl sites for hydroxylation is 1. The van der Waals surface area contributed by atoms with Gasteiger partial charge in [0.15, 0.2) is 0 Å². The monoisotopic (exact) mass is 437 g/mol. The Morgan fingerprint density at radius 2 is 1.97 bits per heavy atom. The van der Waals surface area contributed by atoms with Crippen LogP contribution in [0.2, 0.25) is 0 Å². The molecule has 2 atom stereocenters. The van der Waals surface area contributed by atoms with Gasteiger partial charge in [0, 0.05) is 44.9 Å². The summed E-state index contributed by atoms with van der Waals surface area (Å²) < 4.78 is 10.8. The molecule has 0 radical (unpaired) electrons. The molecule has 32 heavy (non-hydrogen) atoms. The summed E-state index contributed by atoms with van der Waals surface area (Å²) in [7, 11) is 6.81. The summed E-state index contributed by atoms with van der Waals surface area (Å²) >= 11 is 0. The summed E-state index contributed by atoms with van der Waals surface area (Å²) in [6.07, 6.45) is 1.42. The quantitative estimate of drug-likeness (QED) is 0.778. The predicted molar refractivity (Wildman–Crippen MR) is 122 cm³/mol. The molecule has 0 saturated carbocycles. The first-order valence-corrected chi connectivity index (χ1v) is 10.9. The van der Waals surface area contributed by atoms with Crippen molar-refractivity contribution in [3.8, 4) is 11.5 Å². The summed E-state index contributed by atoms with van der Waals surface area (Å²) in [5.74, 6) is 1.05. The lowest BCUT2D eigenvalue weighted by Gasteiger charge is -2.35. The normalized spacial score (nSPS) is 22.8. The van der Waals surface area contributed by atoms with E-state index in [1.54, 1.807) is 39.3 Å². The van der Waals surface area contributed by atoms with Crippen LogP contribution in [0.3, 0.4) is 0 Å². The first-order valence-electron chi connectivity index (χ1n) is 10.9. The van der Waals surface area contributed by atoms with Crippen molar-refractivity contribution in [2.24, 2.45) is 5.92 Å². The third-order valence-electron chi connectivity index (χ3n) is 6.70. The topological polar surface area (TPSA) is 71.1 Å². The average Bonchev–Trinajstić information content (AvgIpc) is 3.07. The molecule has 2 aliphatic heterocycles. The van der Waals surface area contributed by atoms with Crippen LogP contribution in [-0.4, -0.2) is 68.6 Å². The van der Waals surface area contributed by atoms with Gasteiger partial charge in [-0.1, -0.05) is 24.3 Å². The summed E-state index contributed by atoms with van der Waals surface area (Å²) in [5.41, 5.74) is 2.04. The lowest BCUT2D eigenvalue weighted by molar-refractivity contribution is -0.134. The molecule has 2 amide bonds. The summed E-state index contributed by atoms with van der Waals surface area (Å²) in [6.45, 7) is 1.83. The van der Waals surface area contributed by atoms with Crippen LogP contribution in [0, 0.1) is 5.92 Å². The number of hydrogen-bond donors (Lipinski definition) is 1. The second kappa shape index (κ2) is 8.82. The highest BCUT2D eigenvalue weighted by Gasteiger charge is 2.52. The van der Waals surface area contributed by atoms with Gasteiger partial charge in [0.1, 0.15) is 11.5 Å². The highest BCUT2D eigenvalue weighted by Crippen LogP contribution is 2.37. The second-order valence-electron chi connectivity index (χ2n) is 8.90. The van der Waals surface area contributed by atoms with E-state index in [1.165, 1.54) is 0 Å². The molecule has 1 spiro atoms. The zero-order valence-corrected chi connectivity index (χ0v) is 19.2. The molecule has 1 fully saturated rings. The minimum Gasteiger partial charge on any atom is -0.497 e. The van der Waals surface area contributed by atoms with E-state index in [9.17, 15) is 9.59 Å². The first-order chi connectivity index (χ1) is 15.4. The Bertz CT molecular complexity index is 1020. The SMILES string of the molecule is COc1ccc2c(c1)C(=O)N[C@@]1(CC2)CN(Cc2ccccc2OC)C[C@@H]1C(=O)N(C)C. The van der Waals surface area contributed by atoms with Crippen LogP contribution in [0.1, 0.15) is 27.9 Å². The van der Waals surface area contributed by atoms with Gasteiger partial charge in [-0.05, 0) is 36.6 Å². The van der Waals surface area contributed by atoms with Crippen molar-refractivity contribution in [1.29, 1.82) is 0 Å². The number of rotatable bonds is 5. The Kier molecular flexibility index (Phi) is 6.11. The highest BCUT2D eigenvalue weighted by atomic mass is 16.5. The maximum Gasteiger partial charge on any atom is 0.252 e. The first kappa shape index (κ1) is 22.1. The molecule has 170 valence electrons. The lowest BCUT2D eigenvalue weighted by atomic mass is 9.81. The molecule has 4 rings (SSSR count). The number of carbonyl (C=O) groups is 2. The van der Waals surface area contributed by atoms with E-state index in [0.29, 0.717) is 37.4 Å².